The molecule has 5 heteroatoms. The van der Waals surface area contributed by atoms with Crippen LogP contribution in [0.4, 0.5) is 4.79 Å². The third kappa shape index (κ3) is 5.06. The molecule has 1 amide bonds. The van der Waals surface area contributed by atoms with Crippen LogP contribution in [0.25, 0.3) is 0 Å². The molecule has 1 unspecified atom stereocenters. The molecule has 0 heterocycles. The van der Waals surface area contributed by atoms with Crippen LogP contribution >= 0.6 is 0 Å². The molecule has 0 spiro atoms. The van der Waals surface area contributed by atoms with Crippen LogP contribution in [0.1, 0.15) is 46.2 Å². The molecule has 0 aliphatic carbocycles. The maximum Gasteiger partial charge on any atom is 0.410 e. The zero-order chi connectivity index (χ0) is 16.9. The Kier molecular flexibility index (Phi) is 5.97. The second-order valence-electron chi connectivity index (χ2n) is 6.38. The number of rotatable bonds is 5. The number of benzene rings is 1. The van der Waals surface area contributed by atoms with Gasteiger partial charge in [-0.1, -0.05) is 18.2 Å². The summed E-state index contributed by atoms with van der Waals surface area (Å²) in [5.41, 5.74) is 0.0202. The fourth-order valence-electron chi connectivity index (χ4n) is 1.91. The van der Waals surface area contributed by atoms with Crippen molar-refractivity contribution in [2.24, 2.45) is 0 Å². The molecule has 0 fully saturated rings. The van der Waals surface area contributed by atoms with Gasteiger partial charge in [0, 0.05) is 12.6 Å². The lowest BCUT2D eigenvalue weighted by atomic mass is 10.1. The first-order valence-corrected chi connectivity index (χ1v) is 7.32. The topological polar surface area (TPSA) is 55.8 Å². The number of para-hydroxylation sites is 1. The minimum absolute atomic E-state index is 0.0275. The Balaban J connectivity index is 3.06. The molecule has 0 aliphatic rings. The van der Waals surface area contributed by atoms with E-state index in [1.54, 1.807) is 40.0 Å². The average Bonchev–Trinajstić information content (AvgIpc) is 2.38. The molecule has 0 aliphatic heterocycles. The molecule has 1 aromatic carbocycles. The van der Waals surface area contributed by atoms with Crippen LogP contribution in [-0.2, 0) is 9.53 Å². The molecule has 5 nitrogen and oxygen atoms in total. The molecule has 0 aromatic heterocycles. The van der Waals surface area contributed by atoms with Crippen LogP contribution in [0.5, 0.6) is 5.75 Å². The van der Waals surface area contributed by atoms with Crippen molar-refractivity contribution >= 4 is 12.4 Å². The lowest BCUT2D eigenvalue weighted by Gasteiger charge is -2.29. The Bertz CT molecular complexity index is 520. The summed E-state index contributed by atoms with van der Waals surface area (Å²) in [6, 6.07) is 6.44. The standard InChI is InChI=1S/C17H25NO4/c1-12(2)21-15-10-8-7-9-13(15)14(11-19)18(6)16(20)22-17(3,4)5/h7-12,14H,1-6H3. The van der Waals surface area contributed by atoms with Crippen molar-refractivity contribution in [3.63, 3.8) is 0 Å². The summed E-state index contributed by atoms with van der Waals surface area (Å²) in [5.74, 6) is 0.588. The minimum atomic E-state index is -0.759. The molecule has 1 aromatic rings. The molecule has 1 rings (SSSR count). The van der Waals surface area contributed by atoms with Gasteiger partial charge in [-0.3, -0.25) is 4.90 Å². The van der Waals surface area contributed by atoms with E-state index in [0.717, 1.165) is 0 Å². The third-order valence-corrected chi connectivity index (χ3v) is 2.83. The first-order chi connectivity index (χ1) is 10.2. The molecule has 0 saturated heterocycles. The maximum absolute atomic E-state index is 12.2. The van der Waals surface area contributed by atoms with Crippen molar-refractivity contribution in [2.45, 2.75) is 52.4 Å². The zero-order valence-corrected chi connectivity index (χ0v) is 14.1. The number of nitrogens with zero attached hydrogens (tertiary/aromatic N) is 1. The zero-order valence-electron chi connectivity index (χ0n) is 14.1. The minimum Gasteiger partial charge on any atom is -0.491 e. The van der Waals surface area contributed by atoms with Crippen LogP contribution in [0.3, 0.4) is 0 Å². The molecular formula is C17H25NO4. The van der Waals surface area contributed by atoms with E-state index in [9.17, 15) is 9.59 Å². The summed E-state index contributed by atoms with van der Waals surface area (Å²) in [4.78, 5) is 25.0. The van der Waals surface area contributed by atoms with Crippen molar-refractivity contribution in [2.75, 3.05) is 7.05 Å². The lowest BCUT2D eigenvalue weighted by molar-refractivity contribution is -0.112. The summed E-state index contributed by atoms with van der Waals surface area (Å²) in [7, 11) is 1.54. The first kappa shape index (κ1) is 18.0. The van der Waals surface area contributed by atoms with Gasteiger partial charge < -0.3 is 14.3 Å². The SMILES string of the molecule is CC(C)Oc1ccccc1C(C=O)N(C)C(=O)OC(C)(C)C. The van der Waals surface area contributed by atoms with Crippen LogP contribution in [0.15, 0.2) is 24.3 Å². The number of hydrogen-bond acceptors (Lipinski definition) is 4. The highest BCUT2D eigenvalue weighted by atomic mass is 16.6. The van der Waals surface area contributed by atoms with Crippen LogP contribution < -0.4 is 4.74 Å². The molecule has 0 N–H and O–H groups in total. The number of likely N-dealkylation sites (N-methyl/N-ethyl adjacent to an activating group) is 1. The largest absolute Gasteiger partial charge is 0.491 e. The highest BCUT2D eigenvalue weighted by Crippen LogP contribution is 2.29. The Morgan fingerprint density at radius 2 is 1.82 bits per heavy atom. The predicted molar refractivity (Wildman–Crippen MR) is 85.0 cm³/mol. The highest BCUT2D eigenvalue weighted by Gasteiger charge is 2.28. The number of aldehydes is 1. The van der Waals surface area contributed by atoms with Gasteiger partial charge in [0.2, 0.25) is 0 Å². The summed E-state index contributed by atoms with van der Waals surface area (Å²) >= 11 is 0. The number of hydrogen-bond donors (Lipinski definition) is 0. The van der Waals surface area contributed by atoms with Gasteiger partial charge in [-0.2, -0.15) is 0 Å². The Labute approximate surface area is 132 Å². The maximum atomic E-state index is 12.2. The van der Waals surface area contributed by atoms with E-state index in [2.05, 4.69) is 0 Å². The van der Waals surface area contributed by atoms with Crippen LogP contribution in [-0.4, -0.2) is 36.0 Å². The quantitative estimate of drug-likeness (QED) is 0.780. The van der Waals surface area contributed by atoms with E-state index in [1.165, 1.54) is 4.90 Å². The second-order valence-corrected chi connectivity index (χ2v) is 6.38. The normalized spacial score (nSPS) is 12.7. The Hall–Kier alpha value is -2.04. The molecule has 0 saturated carbocycles. The monoisotopic (exact) mass is 307 g/mol. The van der Waals surface area contributed by atoms with E-state index >= 15 is 0 Å². The highest BCUT2D eigenvalue weighted by molar-refractivity contribution is 5.75. The van der Waals surface area contributed by atoms with Gasteiger partial charge >= 0.3 is 6.09 Å². The van der Waals surface area contributed by atoms with Crippen LogP contribution in [0.2, 0.25) is 0 Å². The Morgan fingerprint density at radius 3 is 2.32 bits per heavy atom. The fraction of sp³-hybridized carbons (Fsp3) is 0.529. The van der Waals surface area contributed by atoms with Gasteiger partial charge in [0.15, 0.2) is 0 Å². The van der Waals surface area contributed by atoms with E-state index in [4.69, 9.17) is 9.47 Å². The summed E-state index contributed by atoms with van der Waals surface area (Å²) in [5, 5.41) is 0. The summed E-state index contributed by atoms with van der Waals surface area (Å²) in [6.07, 6.45) is 0.135. The van der Waals surface area contributed by atoms with Gasteiger partial charge in [-0.25, -0.2) is 4.79 Å². The predicted octanol–water partition coefficient (Wildman–Crippen LogP) is 3.58. The van der Waals surface area contributed by atoms with E-state index in [1.807, 2.05) is 26.0 Å². The number of carbonyl (C=O) groups is 2. The molecule has 22 heavy (non-hydrogen) atoms. The fourth-order valence-corrected chi connectivity index (χ4v) is 1.91. The van der Waals surface area contributed by atoms with Gasteiger partial charge in [0.25, 0.3) is 0 Å². The van der Waals surface area contributed by atoms with E-state index < -0.39 is 17.7 Å². The summed E-state index contributed by atoms with van der Waals surface area (Å²) in [6.45, 7) is 9.16. The number of carbonyl (C=O) groups excluding carboxylic acids is 2. The summed E-state index contributed by atoms with van der Waals surface area (Å²) < 4.78 is 11.0. The molecule has 1 atom stereocenters. The first-order valence-electron chi connectivity index (χ1n) is 7.32. The third-order valence-electron chi connectivity index (χ3n) is 2.83. The average molecular weight is 307 g/mol. The molecule has 0 radical (unpaired) electrons. The lowest BCUT2D eigenvalue weighted by Crippen LogP contribution is -2.37. The van der Waals surface area contributed by atoms with E-state index in [-0.39, 0.29) is 6.10 Å². The van der Waals surface area contributed by atoms with Crippen molar-refractivity contribution in [1.82, 2.24) is 4.90 Å². The van der Waals surface area contributed by atoms with Gasteiger partial charge in [-0.05, 0) is 40.7 Å². The number of ether oxygens (including phenoxy) is 2. The van der Waals surface area contributed by atoms with Crippen molar-refractivity contribution < 1.29 is 19.1 Å². The number of amides is 1. The second kappa shape index (κ2) is 7.29. The van der Waals surface area contributed by atoms with Crippen molar-refractivity contribution in [1.29, 1.82) is 0 Å². The Morgan fingerprint density at radius 1 is 1.23 bits per heavy atom. The van der Waals surface area contributed by atoms with Gasteiger partial charge in [0.1, 0.15) is 23.7 Å². The van der Waals surface area contributed by atoms with Crippen molar-refractivity contribution in [3.8, 4) is 5.75 Å². The van der Waals surface area contributed by atoms with E-state index in [0.29, 0.717) is 17.6 Å². The molecular weight excluding hydrogens is 282 g/mol. The van der Waals surface area contributed by atoms with Gasteiger partial charge in [0.05, 0.1) is 6.10 Å². The van der Waals surface area contributed by atoms with Gasteiger partial charge in [-0.15, -0.1) is 0 Å². The smallest absolute Gasteiger partial charge is 0.410 e. The van der Waals surface area contributed by atoms with Crippen LogP contribution in [0, 0.1) is 0 Å². The molecule has 122 valence electrons. The molecule has 0 bridgehead atoms. The van der Waals surface area contributed by atoms with Crippen molar-refractivity contribution in [3.05, 3.63) is 29.8 Å².